The highest BCUT2D eigenvalue weighted by Crippen LogP contribution is 2.66. The Labute approximate surface area is 162 Å². The normalized spacial score (nSPS) is 51.3. The van der Waals surface area contributed by atoms with Gasteiger partial charge in [-0.15, -0.1) is 0 Å². The van der Waals surface area contributed by atoms with Gasteiger partial charge >= 0.3 is 0 Å². The Hall–Kier alpha value is -0.940. The lowest BCUT2D eigenvalue weighted by Gasteiger charge is -2.62. The largest absolute Gasteiger partial charge is 0.390 e. The van der Waals surface area contributed by atoms with Crippen LogP contribution in [0.3, 0.4) is 0 Å². The van der Waals surface area contributed by atoms with Crippen molar-refractivity contribution in [1.29, 1.82) is 0 Å². The molecule has 0 amide bonds. The zero-order valence-electron chi connectivity index (χ0n) is 16.8. The molecule has 27 heavy (non-hydrogen) atoms. The van der Waals surface area contributed by atoms with E-state index in [-0.39, 0.29) is 16.9 Å². The van der Waals surface area contributed by atoms with Gasteiger partial charge < -0.3 is 15.3 Å². The summed E-state index contributed by atoms with van der Waals surface area (Å²) in [7, 11) is 0. The van der Waals surface area contributed by atoms with Crippen molar-refractivity contribution in [2.75, 3.05) is 13.1 Å². The molecule has 1 aliphatic heterocycles. The summed E-state index contributed by atoms with van der Waals surface area (Å²) in [6.07, 6.45) is 8.65. The molecule has 5 nitrogen and oxygen atoms in total. The zero-order valence-corrected chi connectivity index (χ0v) is 16.8. The average molecular weight is 375 g/mol. The van der Waals surface area contributed by atoms with E-state index in [1.165, 1.54) is 0 Å². The number of Topliss-reactive ketones (excluding diaryl/α,β-unsaturated/α-hetero) is 1. The molecule has 6 atom stereocenters. The van der Waals surface area contributed by atoms with Crippen LogP contribution in [0.15, 0.2) is 5.16 Å². The van der Waals surface area contributed by atoms with Crippen molar-refractivity contribution in [2.45, 2.75) is 83.3 Å². The van der Waals surface area contributed by atoms with Gasteiger partial charge in [-0.1, -0.05) is 19.0 Å². The number of nitrogens with zero attached hydrogens (tertiary/aromatic N) is 1. The minimum Gasteiger partial charge on any atom is -0.390 e. The van der Waals surface area contributed by atoms with Crippen LogP contribution in [-0.4, -0.2) is 41.4 Å². The first-order chi connectivity index (χ1) is 12.9. The summed E-state index contributed by atoms with van der Waals surface area (Å²) in [6.45, 7) is 6.31. The summed E-state index contributed by atoms with van der Waals surface area (Å²) in [5.41, 5.74) is 0.235. The van der Waals surface area contributed by atoms with Gasteiger partial charge in [-0.3, -0.25) is 4.79 Å². The molecule has 1 heterocycles. The van der Waals surface area contributed by atoms with Gasteiger partial charge in [0.2, 0.25) is 0 Å². The van der Waals surface area contributed by atoms with Crippen LogP contribution in [0.25, 0.3) is 0 Å². The second-order valence-electron chi connectivity index (χ2n) is 10.5. The number of nitrogens with one attached hydrogen (secondary N) is 1. The highest BCUT2D eigenvalue weighted by Gasteiger charge is 2.64. The SMILES string of the molecule is C[C@]12CC[C@H]3[C@@H](CC[C@@]4(O)C/C(=N\OC5CNC5)CC[C@]34C)[C@@H]1CCC2=O. The molecule has 5 fully saturated rings. The van der Waals surface area contributed by atoms with Gasteiger partial charge in [0.1, 0.15) is 5.78 Å². The first-order valence-electron chi connectivity index (χ1n) is 11.0. The lowest BCUT2D eigenvalue weighted by atomic mass is 9.43. The fourth-order valence-electron chi connectivity index (χ4n) is 7.39. The van der Waals surface area contributed by atoms with Gasteiger partial charge in [0.05, 0.1) is 11.3 Å². The van der Waals surface area contributed by atoms with Gasteiger partial charge in [0, 0.05) is 36.8 Å². The van der Waals surface area contributed by atoms with Crippen LogP contribution in [0.1, 0.15) is 71.6 Å². The maximum atomic E-state index is 12.5. The van der Waals surface area contributed by atoms with Crippen LogP contribution in [0.2, 0.25) is 0 Å². The molecule has 1 saturated heterocycles. The average Bonchev–Trinajstić information content (AvgIpc) is 2.90. The fourth-order valence-corrected chi connectivity index (χ4v) is 7.39. The van der Waals surface area contributed by atoms with Gasteiger partial charge in [-0.05, 0) is 62.7 Å². The van der Waals surface area contributed by atoms with Gasteiger partial charge in [-0.25, -0.2) is 0 Å². The van der Waals surface area contributed by atoms with Crippen LogP contribution >= 0.6 is 0 Å². The molecule has 0 aromatic rings. The van der Waals surface area contributed by atoms with Crippen molar-refractivity contribution in [3.05, 3.63) is 0 Å². The molecule has 2 N–H and O–H groups in total. The Morgan fingerprint density at radius 3 is 2.63 bits per heavy atom. The van der Waals surface area contributed by atoms with E-state index in [4.69, 9.17) is 4.84 Å². The summed E-state index contributed by atoms with van der Waals surface area (Å²) in [5.74, 6) is 2.18. The zero-order chi connectivity index (χ0) is 18.9. The van der Waals surface area contributed by atoms with Crippen LogP contribution in [-0.2, 0) is 9.63 Å². The molecule has 0 aromatic carbocycles. The third-order valence-corrected chi connectivity index (χ3v) is 9.42. The standard InChI is InChI=1S/C22H34N2O3/c1-20-8-7-18-16(17(20)3-4-19(20)25)6-10-22(26)11-14(5-9-21(18,22)2)24-27-15-12-23-13-15/h15-18,23,26H,3-13H2,1-2H3/b24-14-/t16-,17-,18-,20-,21+,22+/m0/s1. The summed E-state index contributed by atoms with van der Waals surface area (Å²) in [6, 6.07) is 0. The third-order valence-electron chi connectivity index (χ3n) is 9.42. The van der Waals surface area contributed by atoms with Crippen LogP contribution in [0.5, 0.6) is 0 Å². The maximum absolute atomic E-state index is 12.5. The quantitative estimate of drug-likeness (QED) is 0.729. The monoisotopic (exact) mass is 374 g/mol. The predicted molar refractivity (Wildman–Crippen MR) is 103 cm³/mol. The Morgan fingerprint density at radius 2 is 1.89 bits per heavy atom. The minimum absolute atomic E-state index is 0.0556. The number of oxime groups is 1. The molecule has 0 spiro atoms. The highest BCUT2D eigenvalue weighted by molar-refractivity contribution is 5.87. The van der Waals surface area contributed by atoms with E-state index in [9.17, 15) is 9.90 Å². The van der Waals surface area contributed by atoms with Crippen LogP contribution in [0.4, 0.5) is 0 Å². The highest BCUT2D eigenvalue weighted by atomic mass is 16.6. The second-order valence-corrected chi connectivity index (χ2v) is 10.5. The van der Waals surface area contributed by atoms with Crippen molar-refractivity contribution in [3.8, 4) is 0 Å². The van der Waals surface area contributed by atoms with E-state index < -0.39 is 5.60 Å². The first-order valence-corrected chi connectivity index (χ1v) is 11.0. The van der Waals surface area contributed by atoms with Crippen LogP contribution < -0.4 is 5.32 Å². The van der Waals surface area contributed by atoms with Crippen molar-refractivity contribution in [1.82, 2.24) is 5.32 Å². The summed E-state index contributed by atoms with van der Waals surface area (Å²) in [4.78, 5) is 18.2. The van der Waals surface area contributed by atoms with E-state index in [0.717, 1.165) is 70.2 Å². The molecule has 5 aliphatic rings. The topological polar surface area (TPSA) is 70.9 Å². The van der Waals surface area contributed by atoms with E-state index in [0.29, 0.717) is 30.0 Å². The lowest BCUT2D eigenvalue weighted by Crippen LogP contribution is -2.62. The molecule has 0 radical (unpaired) electrons. The van der Waals surface area contributed by atoms with Gasteiger partial charge in [-0.2, -0.15) is 0 Å². The van der Waals surface area contributed by atoms with E-state index in [1.807, 2.05) is 0 Å². The third kappa shape index (κ3) is 2.50. The predicted octanol–water partition coefficient (Wildman–Crippen LogP) is 3.06. The molecule has 0 aromatic heterocycles. The molecular formula is C22H34N2O3. The number of carbonyl (C=O) groups excluding carboxylic acids is 1. The maximum Gasteiger partial charge on any atom is 0.152 e. The Bertz CT molecular complexity index is 674. The Balaban J connectivity index is 1.37. The van der Waals surface area contributed by atoms with Gasteiger partial charge in [0.15, 0.2) is 6.10 Å². The lowest BCUT2D eigenvalue weighted by molar-refractivity contribution is -0.188. The van der Waals surface area contributed by atoms with E-state index in [1.54, 1.807) is 0 Å². The van der Waals surface area contributed by atoms with Crippen LogP contribution in [0, 0.1) is 28.6 Å². The van der Waals surface area contributed by atoms with Crippen molar-refractivity contribution in [3.63, 3.8) is 0 Å². The molecule has 0 bridgehead atoms. The molecule has 4 saturated carbocycles. The van der Waals surface area contributed by atoms with Crippen molar-refractivity contribution >= 4 is 11.5 Å². The summed E-state index contributed by atoms with van der Waals surface area (Å²) in [5, 5.41) is 19.4. The van der Waals surface area contributed by atoms with E-state index >= 15 is 0 Å². The summed E-state index contributed by atoms with van der Waals surface area (Å²) < 4.78 is 0. The van der Waals surface area contributed by atoms with Crippen molar-refractivity contribution in [2.24, 2.45) is 33.7 Å². The molecule has 150 valence electrons. The number of aliphatic hydroxyl groups is 1. The summed E-state index contributed by atoms with van der Waals surface area (Å²) >= 11 is 0. The molecule has 0 unspecified atom stereocenters. The molecule has 5 heteroatoms. The number of rotatable bonds is 2. The number of hydrogen-bond acceptors (Lipinski definition) is 5. The molecule has 4 aliphatic carbocycles. The smallest absolute Gasteiger partial charge is 0.152 e. The second kappa shape index (κ2) is 6.03. The Kier molecular flexibility index (Phi) is 4.04. The number of fused-ring (bicyclic) bond motifs is 5. The first kappa shape index (κ1) is 18.1. The number of hydrogen-bond donors (Lipinski definition) is 2. The number of carbonyl (C=O) groups is 1. The Morgan fingerprint density at radius 1 is 1.07 bits per heavy atom. The van der Waals surface area contributed by atoms with Gasteiger partial charge in [0.25, 0.3) is 0 Å². The van der Waals surface area contributed by atoms with Crippen molar-refractivity contribution < 1.29 is 14.7 Å². The minimum atomic E-state index is -0.664. The molecule has 5 rings (SSSR count). The fraction of sp³-hybridized carbons (Fsp3) is 0.909. The van der Waals surface area contributed by atoms with E-state index in [2.05, 4.69) is 24.3 Å². The molecular weight excluding hydrogens is 340 g/mol. The number of ketones is 1.